The summed E-state index contributed by atoms with van der Waals surface area (Å²) >= 11 is 0. The van der Waals surface area contributed by atoms with Gasteiger partial charge in [-0.25, -0.2) is 9.13 Å². The summed E-state index contributed by atoms with van der Waals surface area (Å²) in [6.07, 6.45) is 38.0. The highest BCUT2D eigenvalue weighted by Gasteiger charge is 2.28. The number of phosphoric acid groups is 2. The predicted molar refractivity (Wildman–Crippen MR) is 236 cm³/mol. The number of hydrogen-bond donors (Lipinski definition) is 5. The van der Waals surface area contributed by atoms with E-state index in [0.29, 0.717) is 19.3 Å². The van der Waals surface area contributed by atoms with Crippen molar-refractivity contribution >= 4 is 27.6 Å². The zero-order valence-corrected chi connectivity index (χ0v) is 38.2. The zero-order valence-electron chi connectivity index (χ0n) is 36.4. The third kappa shape index (κ3) is 42.5. The average molecular weight is 893 g/mol. The van der Waals surface area contributed by atoms with Crippen LogP contribution in [0.1, 0.15) is 162 Å². The second-order valence-electron chi connectivity index (χ2n) is 14.8. The van der Waals surface area contributed by atoms with Crippen molar-refractivity contribution in [2.75, 3.05) is 26.4 Å². The predicted octanol–water partition coefficient (Wildman–Crippen LogP) is 10.2. The molecule has 0 saturated carbocycles. The first kappa shape index (κ1) is 57.8. The molecule has 0 saturated heterocycles. The van der Waals surface area contributed by atoms with Gasteiger partial charge in [-0.2, -0.15) is 0 Å². The van der Waals surface area contributed by atoms with Crippen molar-refractivity contribution in [2.24, 2.45) is 0 Å². The smallest absolute Gasteiger partial charge is 0.462 e. The minimum atomic E-state index is -4.88. The number of phosphoric ester groups is 2. The van der Waals surface area contributed by atoms with Gasteiger partial charge in [0.05, 0.1) is 25.9 Å². The quantitative estimate of drug-likeness (QED) is 0.0127. The lowest BCUT2D eigenvalue weighted by molar-refractivity contribution is -0.161. The molecule has 0 amide bonds. The van der Waals surface area contributed by atoms with Crippen molar-refractivity contribution in [3.8, 4) is 0 Å². The van der Waals surface area contributed by atoms with Crippen molar-refractivity contribution in [3.05, 3.63) is 60.8 Å². The van der Waals surface area contributed by atoms with Crippen LogP contribution in [-0.2, 0) is 41.8 Å². The minimum absolute atomic E-state index is 0.0577. The van der Waals surface area contributed by atoms with Gasteiger partial charge in [0.25, 0.3) is 0 Å². The summed E-state index contributed by atoms with van der Waals surface area (Å²) in [5.41, 5.74) is 0. The maximum Gasteiger partial charge on any atom is 0.472 e. The molecule has 4 atom stereocenters. The first-order chi connectivity index (χ1) is 28.8. The van der Waals surface area contributed by atoms with E-state index in [-0.39, 0.29) is 12.8 Å². The molecule has 0 radical (unpaired) electrons. The lowest BCUT2D eigenvalue weighted by Gasteiger charge is -2.20. The number of carbonyl (C=O) groups excluding carboxylic acids is 2. The van der Waals surface area contributed by atoms with Gasteiger partial charge in [0.15, 0.2) is 6.10 Å². The summed E-state index contributed by atoms with van der Waals surface area (Å²) < 4.78 is 47.7. The molecule has 0 aromatic carbocycles. The summed E-state index contributed by atoms with van der Waals surface area (Å²) in [5, 5.41) is 19.9. The van der Waals surface area contributed by atoms with Crippen LogP contribution in [0.4, 0.5) is 0 Å². The molecule has 0 spiro atoms. The number of allylic oxidation sites excluding steroid dienone is 9. The van der Waals surface area contributed by atoms with Crippen molar-refractivity contribution in [1.29, 1.82) is 0 Å². The second kappa shape index (κ2) is 39.6. The van der Waals surface area contributed by atoms with Crippen LogP contribution < -0.4 is 0 Å². The van der Waals surface area contributed by atoms with Gasteiger partial charge in [0.1, 0.15) is 12.7 Å². The molecule has 16 heteroatoms. The van der Waals surface area contributed by atoms with Crippen molar-refractivity contribution in [2.45, 2.75) is 180 Å². The molecule has 60 heavy (non-hydrogen) atoms. The fourth-order valence-electron chi connectivity index (χ4n) is 5.62. The van der Waals surface area contributed by atoms with Gasteiger partial charge >= 0.3 is 27.6 Å². The Bertz CT molecular complexity index is 1310. The van der Waals surface area contributed by atoms with Gasteiger partial charge in [-0.15, -0.1) is 0 Å². The summed E-state index contributed by atoms with van der Waals surface area (Å²) in [4.78, 5) is 52.7. The molecule has 0 aliphatic heterocycles. The Morgan fingerprint density at radius 3 is 1.73 bits per heavy atom. The Kier molecular flexibility index (Phi) is 38.1. The molecule has 0 aliphatic carbocycles. The van der Waals surface area contributed by atoms with E-state index < -0.39 is 72.3 Å². The average Bonchev–Trinajstić information content (AvgIpc) is 3.20. The molecule has 0 bridgehead atoms. The number of aliphatic hydroxyl groups excluding tert-OH is 2. The Morgan fingerprint density at radius 1 is 0.567 bits per heavy atom. The molecule has 0 rings (SSSR count). The van der Waals surface area contributed by atoms with Gasteiger partial charge in [-0.1, -0.05) is 145 Å². The first-order valence-corrected chi connectivity index (χ1v) is 25.1. The standard InChI is InChI=1S/C44H78O14P2/c1-3-5-7-9-11-12-13-14-15-16-17-18-19-20-22-26-30-34-43(47)54-38-42(39-57-60(52,53)56-37-41(46)36-55-59(49,50)51)58-44(48)35-31-27-23-25-29-33-40(45)32-28-24-21-10-8-6-4-2/h6,8,11-12,14-15,21,24,28,32,40-42,45-46H,3-5,7,9-10,13,16-20,22-23,25-27,29-31,33-39H2,1-2H3,(H,52,53)(H2,49,50,51)/b8-6+,12-11-,15-14-,24-21+,32-28+/t40?,41-,42+/m0/s1. The molecule has 0 aromatic rings. The minimum Gasteiger partial charge on any atom is -0.462 e. The molecule has 14 nitrogen and oxygen atoms in total. The van der Waals surface area contributed by atoms with Crippen LogP contribution in [0.3, 0.4) is 0 Å². The van der Waals surface area contributed by atoms with Gasteiger partial charge in [-0.3, -0.25) is 23.2 Å². The molecule has 5 N–H and O–H groups in total. The Hall–Kier alpha value is -2.22. The zero-order chi connectivity index (χ0) is 44.6. The van der Waals surface area contributed by atoms with E-state index in [1.807, 2.05) is 18.2 Å². The normalized spacial score (nSPS) is 15.1. The van der Waals surface area contributed by atoms with E-state index in [2.05, 4.69) is 59.4 Å². The van der Waals surface area contributed by atoms with Crippen LogP contribution in [0.2, 0.25) is 0 Å². The highest BCUT2D eigenvalue weighted by Crippen LogP contribution is 2.43. The number of hydrogen-bond acceptors (Lipinski definition) is 11. The van der Waals surface area contributed by atoms with Gasteiger partial charge in [0.2, 0.25) is 0 Å². The monoisotopic (exact) mass is 892 g/mol. The van der Waals surface area contributed by atoms with Gasteiger partial charge < -0.3 is 34.4 Å². The number of rotatable bonds is 41. The Morgan fingerprint density at radius 2 is 1.10 bits per heavy atom. The van der Waals surface area contributed by atoms with Gasteiger partial charge in [-0.05, 0) is 64.2 Å². The highest BCUT2D eigenvalue weighted by molar-refractivity contribution is 7.47. The summed E-state index contributed by atoms with van der Waals surface area (Å²) in [6, 6.07) is 0. The summed E-state index contributed by atoms with van der Waals surface area (Å²) in [5.74, 6) is -1.12. The fraction of sp³-hybridized carbons (Fsp3) is 0.727. The van der Waals surface area contributed by atoms with E-state index in [0.717, 1.165) is 96.3 Å². The highest BCUT2D eigenvalue weighted by atomic mass is 31.2. The molecular formula is C44H78O14P2. The SMILES string of the molecule is CC/C=C/C/C=C/C=C/C(O)CCCCCCCC(=O)O[C@H](COC(=O)CCCCCCCCC/C=C\C/C=C\CCCCC)COP(=O)(O)OC[C@@H](O)COP(=O)(O)O. The van der Waals surface area contributed by atoms with Crippen molar-refractivity contribution < 1.29 is 66.7 Å². The van der Waals surface area contributed by atoms with Crippen LogP contribution >= 0.6 is 15.6 Å². The van der Waals surface area contributed by atoms with Crippen molar-refractivity contribution in [3.63, 3.8) is 0 Å². The Labute approximate surface area is 360 Å². The number of carbonyl (C=O) groups is 2. The fourth-order valence-corrected chi connectivity index (χ4v) is 6.78. The maximum absolute atomic E-state index is 12.7. The van der Waals surface area contributed by atoms with E-state index in [4.69, 9.17) is 23.8 Å². The van der Waals surface area contributed by atoms with E-state index in [9.17, 15) is 33.8 Å². The molecule has 2 unspecified atom stereocenters. The largest absolute Gasteiger partial charge is 0.472 e. The van der Waals surface area contributed by atoms with E-state index >= 15 is 0 Å². The third-order valence-electron chi connectivity index (χ3n) is 8.98. The molecule has 0 aliphatic rings. The number of unbranched alkanes of at least 4 members (excludes halogenated alkanes) is 14. The Balaban J connectivity index is 4.60. The van der Waals surface area contributed by atoms with Crippen LogP contribution in [0.5, 0.6) is 0 Å². The molecular weight excluding hydrogens is 814 g/mol. The topological polar surface area (TPSA) is 216 Å². The molecule has 348 valence electrons. The first-order valence-electron chi connectivity index (χ1n) is 22.1. The summed E-state index contributed by atoms with van der Waals surface area (Å²) in [6.45, 7) is 1.48. The number of esters is 2. The van der Waals surface area contributed by atoms with Crippen LogP contribution in [0, 0.1) is 0 Å². The lowest BCUT2D eigenvalue weighted by atomic mass is 10.1. The van der Waals surface area contributed by atoms with E-state index in [1.54, 1.807) is 6.08 Å². The van der Waals surface area contributed by atoms with Crippen molar-refractivity contribution in [1.82, 2.24) is 0 Å². The van der Waals surface area contributed by atoms with Crippen LogP contribution in [0.15, 0.2) is 60.8 Å². The second-order valence-corrected chi connectivity index (χ2v) is 17.5. The number of ether oxygens (including phenoxy) is 2. The van der Waals surface area contributed by atoms with E-state index in [1.165, 1.54) is 19.3 Å². The van der Waals surface area contributed by atoms with Crippen LogP contribution in [-0.4, -0.2) is 81.6 Å². The third-order valence-corrected chi connectivity index (χ3v) is 10.4. The molecule has 0 heterocycles. The summed E-state index contributed by atoms with van der Waals surface area (Å²) in [7, 11) is -9.71. The molecule has 0 aromatic heterocycles. The maximum atomic E-state index is 12.7. The molecule has 0 fully saturated rings. The number of aliphatic hydroxyl groups is 2. The van der Waals surface area contributed by atoms with Gasteiger partial charge in [0, 0.05) is 12.8 Å². The lowest BCUT2D eigenvalue weighted by Crippen LogP contribution is -2.30. The van der Waals surface area contributed by atoms with Crippen LogP contribution in [0.25, 0.3) is 0 Å².